The van der Waals surface area contributed by atoms with Crippen LogP contribution in [0.15, 0.2) is 0 Å². The Morgan fingerprint density at radius 2 is 1.67 bits per heavy atom. The highest BCUT2D eigenvalue weighted by molar-refractivity contribution is 5.65. The van der Waals surface area contributed by atoms with Gasteiger partial charge in [0.1, 0.15) is 0 Å². The second-order valence-electron chi connectivity index (χ2n) is 5.56. The molecule has 0 bridgehead atoms. The molecule has 1 heterocycles. The van der Waals surface area contributed by atoms with Crippen molar-refractivity contribution in [1.82, 2.24) is 5.06 Å². The summed E-state index contributed by atoms with van der Waals surface area (Å²) >= 11 is 0. The first-order valence-corrected chi connectivity index (χ1v) is 5.32. The van der Waals surface area contributed by atoms with Crippen molar-refractivity contribution < 1.29 is 14.7 Å². The van der Waals surface area contributed by atoms with Crippen LogP contribution in [-0.4, -0.2) is 33.3 Å². The van der Waals surface area contributed by atoms with Crippen LogP contribution in [0.4, 0.5) is 0 Å². The van der Waals surface area contributed by atoms with Gasteiger partial charge in [0, 0.05) is 6.92 Å². The summed E-state index contributed by atoms with van der Waals surface area (Å²) < 4.78 is 0. The number of carbonyl (C=O) groups is 1. The van der Waals surface area contributed by atoms with Gasteiger partial charge in [0.2, 0.25) is 0 Å². The second kappa shape index (κ2) is 3.76. The second-order valence-corrected chi connectivity index (χ2v) is 5.56. The number of aliphatic hydroxyl groups excluding tert-OH is 1. The van der Waals surface area contributed by atoms with E-state index in [9.17, 15) is 9.90 Å². The van der Waals surface area contributed by atoms with E-state index in [1.54, 1.807) is 5.06 Å². The van der Waals surface area contributed by atoms with Gasteiger partial charge in [-0.1, -0.05) is 0 Å². The lowest BCUT2D eigenvalue weighted by Crippen LogP contribution is -2.61. The highest BCUT2D eigenvalue weighted by atomic mass is 16.7. The maximum absolute atomic E-state index is 11.0. The first-order valence-electron chi connectivity index (χ1n) is 5.32. The minimum absolute atomic E-state index is 0.312. The van der Waals surface area contributed by atoms with E-state index in [1.165, 1.54) is 6.92 Å². The fourth-order valence-electron chi connectivity index (χ4n) is 2.59. The lowest BCUT2D eigenvalue weighted by Gasteiger charge is -2.51. The molecule has 88 valence electrons. The van der Waals surface area contributed by atoms with Crippen molar-refractivity contribution in [2.75, 3.05) is 0 Å². The van der Waals surface area contributed by atoms with E-state index in [0.29, 0.717) is 12.8 Å². The van der Waals surface area contributed by atoms with Crippen molar-refractivity contribution in [2.45, 2.75) is 64.6 Å². The van der Waals surface area contributed by atoms with Crippen molar-refractivity contribution in [3.63, 3.8) is 0 Å². The van der Waals surface area contributed by atoms with Crippen LogP contribution in [0.1, 0.15) is 47.5 Å². The summed E-state index contributed by atoms with van der Waals surface area (Å²) in [6.07, 6.45) is 0.898. The molecular formula is C11H21NO3. The van der Waals surface area contributed by atoms with E-state index < -0.39 is 0 Å². The van der Waals surface area contributed by atoms with E-state index in [1.807, 2.05) is 27.7 Å². The van der Waals surface area contributed by atoms with Crippen LogP contribution in [0, 0.1) is 0 Å². The minimum atomic E-state index is -0.332. The van der Waals surface area contributed by atoms with Gasteiger partial charge in [-0.15, -0.1) is 5.06 Å². The van der Waals surface area contributed by atoms with Crippen molar-refractivity contribution in [3.05, 3.63) is 0 Å². The third-order valence-corrected chi connectivity index (χ3v) is 2.79. The van der Waals surface area contributed by atoms with Gasteiger partial charge in [-0.2, -0.15) is 0 Å². The van der Waals surface area contributed by atoms with Crippen LogP contribution in [0.25, 0.3) is 0 Å². The normalized spacial score (nSPS) is 26.3. The van der Waals surface area contributed by atoms with E-state index in [-0.39, 0.29) is 23.2 Å². The van der Waals surface area contributed by atoms with E-state index >= 15 is 0 Å². The highest BCUT2D eigenvalue weighted by Gasteiger charge is 2.47. The molecule has 4 heteroatoms. The molecule has 0 radical (unpaired) electrons. The number of nitrogens with zero attached hydrogens (tertiary/aromatic N) is 1. The number of hydrogen-bond acceptors (Lipinski definition) is 4. The molecular weight excluding hydrogens is 194 g/mol. The third kappa shape index (κ3) is 2.69. The summed E-state index contributed by atoms with van der Waals surface area (Å²) in [5, 5.41) is 11.5. The molecule has 0 unspecified atom stereocenters. The minimum Gasteiger partial charge on any atom is -0.393 e. The molecule has 0 amide bonds. The molecule has 0 spiro atoms. The Balaban J connectivity index is 2.92. The van der Waals surface area contributed by atoms with Crippen molar-refractivity contribution in [2.24, 2.45) is 0 Å². The maximum Gasteiger partial charge on any atom is 0.322 e. The zero-order valence-electron chi connectivity index (χ0n) is 10.2. The SMILES string of the molecule is CC(=O)ON1C(C)(C)CC(O)CC1(C)C. The smallest absolute Gasteiger partial charge is 0.322 e. The average molecular weight is 215 g/mol. The standard InChI is InChI=1S/C11H21NO3/c1-8(13)15-12-10(2,3)6-9(14)7-11(12,4)5/h9,14H,6-7H2,1-5H3. The molecule has 0 atom stereocenters. The fourth-order valence-corrected chi connectivity index (χ4v) is 2.59. The Labute approximate surface area is 91.2 Å². The summed E-state index contributed by atoms with van der Waals surface area (Å²) in [6.45, 7) is 9.29. The number of rotatable bonds is 1. The first-order chi connectivity index (χ1) is 6.65. The molecule has 1 aliphatic rings. The number of aliphatic hydroxyl groups is 1. The maximum atomic E-state index is 11.0. The Hall–Kier alpha value is -0.610. The summed E-state index contributed by atoms with van der Waals surface area (Å²) in [7, 11) is 0. The molecule has 1 fully saturated rings. The van der Waals surface area contributed by atoms with Crippen LogP contribution < -0.4 is 0 Å². The zero-order chi connectivity index (χ0) is 11.9. The molecule has 0 aromatic heterocycles. The van der Waals surface area contributed by atoms with Crippen molar-refractivity contribution in [3.8, 4) is 0 Å². The van der Waals surface area contributed by atoms with Gasteiger partial charge in [0.25, 0.3) is 0 Å². The Morgan fingerprint density at radius 1 is 1.27 bits per heavy atom. The number of hydroxylamine groups is 2. The summed E-state index contributed by atoms with van der Waals surface area (Å²) in [5.41, 5.74) is -0.653. The zero-order valence-corrected chi connectivity index (χ0v) is 10.2. The summed E-state index contributed by atoms with van der Waals surface area (Å²) in [6, 6.07) is 0. The molecule has 0 aromatic rings. The van der Waals surface area contributed by atoms with Gasteiger partial charge >= 0.3 is 5.97 Å². The van der Waals surface area contributed by atoms with Crippen LogP contribution in [0.5, 0.6) is 0 Å². The molecule has 0 saturated carbocycles. The van der Waals surface area contributed by atoms with Gasteiger partial charge in [0.15, 0.2) is 0 Å². The van der Waals surface area contributed by atoms with Gasteiger partial charge in [-0.05, 0) is 40.5 Å². The van der Waals surface area contributed by atoms with E-state index in [0.717, 1.165) is 0 Å². The number of carbonyl (C=O) groups excluding carboxylic acids is 1. The largest absolute Gasteiger partial charge is 0.393 e. The van der Waals surface area contributed by atoms with Crippen LogP contribution >= 0.6 is 0 Å². The van der Waals surface area contributed by atoms with Gasteiger partial charge < -0.3 is 9.94 Å². The first kappa shape index (κ1) is 12.5. The molecule has 4 nitrogen and oxygen atoms in total. The molecule has 0 aliphatic carbocycles. The van der Waals surface area contributed by atoms with Crippen LogP contribution in [0.3, 0.4) is 0 Å². The van der Waals surface area contributed by atoms with Crippen molar-refractivity contribution in [1.29, 1.82) is 0 Å². The topological polar surface area (TPSA) is 49.8 Å². The predicted molar refractivity (Wildman–Crippen MR) is 57.0 cm³/mol. The number of hydrogen-bond donors (Lipinski definition) is 1. The van der Waals surface area contributed by atoms with Gasteiger partial charge in [0.05, 0.1) is 17.2 Å². The quantitative estimate of drug-likeness (QED) is 0.719. The molecule has 1 saturated heterocycles. The molecule has 0 aromatic carbocycles. The van der Waals surface area contributed by atoms with Crippen molar-refractivity contribution >= 4 is 5.97 Å². The lowest BCUT2D eigenvalue weighted by atomic mass is 9.80. The van der Waals surface area contributed by atoms with E-state index in [2.05, 4.69) is 0 Å². The lowest BCUT2D eigenvalue weighted by molar-refractivity contribution is -0.274. The van der Waals surface area contributed by atoms with E-state index in [4.69, 9.17) is 4.84 Å². The summed E-state index contributed by atoms with van der Waals surface area (Å²) in [4.78, 5) is 16.3. The van der Waals surface area contributed by atoms with Crippen LogP contribution in [-0.2, 0) is 9.63 Å². The highest BCUT2D eigenvalue weighted by Crippen LogP contribution is 2.38. The third-order valence-electron chi connectivity index (χ3n) is 2.79. The molecule has 1 N–H and O–H groups in total. The Bertz CT molecular complexity index is 243. The molecule has 1 rings (SSSR count). The monoisotopic (exact) mass is 215 g/mol. The van der Waals surface area contributed by atoms with Gasteiger partial charge in [-0.25, -0.2) is 0 Å². The number of piperidine rings is 1. The average Bonchev–Trinajstić information content (AvgIpc) is 1.94. The Kier molecular flexibility index (Phi) is 3.12. The fraction of sp³-hybridized carbons (Fsp3) is 0.909. The Morgan fingerprint density at radius 3 is 2.00 bits per heavy atom. The van der Waals surface area contributed by atoms with Gasteiger partial charge in [-0.3, -0.25) is 4.79 Å². The van der Waals surface area contributed by atoms with Crippen LogP contribution in [0.2, 0.25) is 0 Å². The molecule has 15 heavy (non-hydrogen) atoms. The summed E-state index contributed by atoms with van der Waals surface area (Å²) in [5.74, 6) is -0.312. The predicted octanol–water partition coefficient (Wildman–Crippen LogP) is 1.48. The molecule has 1 aliphatic heterocycles.